The van der Waals surface area contributed by atoms with Crippen LogP contribution in [0.2, 0.25) is 0 Å². The van der Waals surface area contributed by atoms with Gasteiger partial charge in [-0.1, -0.05) is 87.9 Å². The molecule has 0 unspecified atom stereocenters. The summed E-state index contributed by atoms with van der Waals surface area (Å²) >= 11 is 4.78. The maximum Gasteiger partial charge on any atom is 0.271 e. The number of nitrogens with zero attached hydrogens (tertiary/aromatic N) is 3. The SMILES string of the molecule is CC1=C(C(=O)Nc2ccccc2)[C@@H](c2ccc(F)cc2)n2c(s/c(=C/c3cn(Cc4ccc(Br)cc4)c4ccccc34)c2=O)=N1. The molecule has 6 aromatic rings. The smallest absolute Gasteiger partial charge is 0.271 e. The molecule has 3 heterocycles. The Hall–Kier alpha value is -4.86. The number of fused-ring (bicyclic) bond motifs is 2. The summed E-state index contributed by atoms with van der Waals surface area (Å²) in [5.74, 6) is -0.774. The second kappa shape index (κ2) is 11.9. The monoisotopic (exact) mass is 676 g/mol. The Kier molecular flexibility index (Phi) is 7.64. The van der Waals surface area contributed by atoms with Gasteiger partial charge in [0.25, 0.3) is 11.5 Å². The van der Waals surface area contributed by atoms with Gasteiger partial charge >= 0.3 is 0 Å². The molecule has 6 nitrogen and oxygen atoms in total. The topological polar surface area (TPSA) is 68.4 Å². The molecule has 1 aliphatic heterocycles. The molecule has 1 N–H and O–H groups in total. The third kappa shape index (κ3) is 5.61. The van der Waals surface area contributed by atoms with Crippen LogP contribution in [0.25, 0.3) is 17.0 Å². The van der Waals surface area contributed by atoms with Crippen molar-refractivity contribution in [3.05, 3.63) is 167 Å². The second-order valence-corrected chi connectivity index (χ2v) is 12.7. The summed E-state index contributed by atoms with van der Waals surface area (Å²) < 4.78 is 19.2. The van der Waals surface area contributed by atoms with Crippen molar-refractivity contribution in [2.45, 2.75) is 19.5 Å². The van der Waals surface area contributed by atoms with Gasteiger partial charge in [0.1, 0.15) is 5.82 Å². The normalized spacial score (nSPS) is 14.8. The Balaban J connectivity index is 1.35. The number of carbonyl (C=O) groups excluding carboxylic acids is 1. The van der Waals surface area contributed by atoms with Gasteiger partial charge in [-0.05, 0) is 66.6 Å². The van der Waals surface area contributed by atoms with Crippen LogP contribution in [0.1, 0.15) is 29.7 Å². The summed E-state index contributed by atoms with van der Waals surface area (Å²) in [6.45, 7) is 2.44. The highest BCUT2D eigenvalue weighted by Crippen LogP contribution is 2.31. The predicted octanol–water partition coefficient (Wildman–Crippen LogP) is 6.78. The van der Waals surface area contributed by atoms with Crippen LogP contribution in [-0.4, -0.2) is 15.0 Å². The highest BCUT2D eigenvalue weighted by molar-refractivity contribution is 9.10. The molecule has 7 rings (SSSR count). The average Bonchev–Trinajstić information content (AvgIpc) is 3.54. The number of halogens is 2. The number of hydrogen-bond donors (Lipinski definition) is 1. The molecule has 1 aliphatic rings. The molecule has 1 atom stereocenters. The lowest BCUT2D eigenvalue weighted by molar-refractivity contribution is -0.113. The van der Waals surface area contributed by atoms with Gasteiger partial charge in [-0.15, -0.1) is 0 Å². The Bertz CT molecular complexity index is 2290. The summed E-state index contributed by atoms with van der Waals surface area (Å²) in [4.78, 5) is 33.2. The van der Waals surface area contributed by atoms with Crippen LogP contribution in [0, 0.1) is 5.82 Å². The molecule has 9 heteroatoms. The van der Waals surface area contributed by atoms with Crippen molar-refractivity contribution in [3.8, 4) is 0 Å². The standard InChI is InChI=1S/C36H26BrFN4O2S/c1-22-32(34(43)40-28-7-3-2-4-8-28)33(24-13-17-27(38)18-14-24)42-35(44)31(45-36(42)39-22)19-25-21-41(30-10-6-5-9-29(25)30)20-23-11-15-26(37)16-12-23/h2-19,21,33H,20H2,1H3,(H,40,43)/b31-19+/t33-/m1/s1. The van der Waals surface area contributed by atoms with Crippen LogP contribution in [-0.2, 0) is 11.3 Å². The first-order valence-corrected chi connectivity index (χ1v) is 15.9. The molecule has 0 saturated carbocycles. The van der Waals surface area contributed by atoms with Crippen LogP contribution in [0.15, 0.2) is 135 Å². The average molecular weight is 678 g/mol. The number of para-hydroxylation sites is 2. The fourth-order valence-corrected chi connectivity index (χ4v) is 7.04. The van der Waals surface area contributed by atoms with Crippen molar-refractivity contribution < 1.29 is 9.18 Å². The van der Waals surface area contributed by atoms with Crippen LogP contribution >= 0.6 is 27.3 Å². The van der Waals surface area contributed by atoms with Crippen LogP contribution < -0.4 is 20.2 Å². The molecule has 0 saturated heterocycles. The van der Waals surface area contributed by atoms with Gasteiger partial charge in [-0.2, -0.15) is 0 Å². The van der Waals surface area contributed by atoms with Crippen LogP contribution in [0.3, 0.4) is 0 Å². The van der Waals surface area contributed by atoms with E-state index in [1.165, 1.54) is 23.5 Å². The van der Waals surface area contributed by atoms with Crippen molar-refractivity contribution in [2.75, 3.05) is 5.32 Å². The van der Waals surface area contributed by atoms with Crippen molar-refractivity contribution in [1.29, 1.82) is 0 Å². The van der Waals surface area contributed by atoms with Crippen molar-refractivity contribution >= 4 is 55.8 Å². The highest BCUT2D eigenvalue weighted by atomic mass is 79.9. The lowest BCUT2D eigenvalue weighted by atomic mass is 9.95. The van der Waals surface area contributed by atoms with E-state index in [1.54, 1.807) is 35.8 Å². The van der Waals surface area contributed by atoms with Gasteiger partial charge in [-0.25, -0.2) is 9.38 Å². The lowest BCUT2D eigenvalue weighted by Gasteiger charge is -2.25. The zero-order chi connectivity index (χ0) is 31.1. The Morgan fingerprint density at radius 3 is 2.44 bits per heavy atom. The molecule has 4 aromatic carbocycles. The van der Waals surface area contributed by atoms with E-state index < -0.39 is 11.9 Å². The quantitative estimate of drug-likeness (QED) is 0.211. The van der Waals surface area contributed by atoms with E-state index in [4.69, 9.17) is 4.99 Å². The van der Waals surface area contributed by atoms with E-state index >= 15 is 0 Å². The van der Waals surface area contributed by atoms with Gasteiger partial charge in [-0.3, -0.25) is 14.2 Å². The number of anilines is 1. The third-order valence-corrected chi connectivity index (χ3v) is 9.37. The molecule has 0 aliphatic carbocycles. The Morgan fingerprint density at radius 2 is 1.69 bits per heavy atom. The van der Waals surface area contributed by atoms with Crippen LogP contribution in [0.4, 0.5) is 10.1 Å². The van der Waals surface area contributed by atoms with E-state index in [0.717, 1.165) is 26.5 Å². The molecule has 0 radical (unpaired) electrons. The van der Waals surface area contributed by atoms with E-state index in [1.807, 2.05) is 54.6 Å². The minimum Gasteiger partial charge on any atom is -0.342 e. The number of thiazole rings is 1. The molecule has 1 amide bonds. The molecular weight excluding hydrogens is 651 g/mol. The summed E-state index contributed by atoms with van der Waals surface area (Å²) in [7, 11) is 0. The largest absolute Gasteiger partial charge is 0.342 e. The van der Waals surface area contributed by atoms with Crippen molar-refractivity contribution in [2.24, 2.45) is 4.99 Å². The summed E-state index contributed by atoms with van der Waals surface area (Å²) in [5.41, 5.74) is 4.91. The minimum absolute atomic E-state index is 0.268. The number of carbonyl (C=O) groups is 1. The maximum absolute atomic E-state index is 14.2. The molecule has 45 heavy (non-hydrogen) atoms. The Labute approximate surface area is 270 Å². The predicted molar refractivity (Wildman–Crippen MR) is 180 cm³/mol. The van der Waals surface area contributed by atoms with Gasteiger partial charge in [0.2, 0.25) is 0 Å². The summed E-state index contributed by atoms with van der Waals surface area (Å²) in [5, 5.41) is 3.96. The van der Waals surface area contributed by atoms with Gasteiger partial charge in [0, 0.05) is 39.4 Å². The van der Waals surface area contributed by atoms with Gasteiger partial charge in [0.05, 0.1) is 21.8 Å². The third-order valence-electron chi connectivity index (χ3n) is 7.86. The number of amides is 1. The number of benzene rings is 4. The van der Waals surface area contributed by atoms with Crippen LogP contribution in [0.5, 0.6) is 0 Å². The molecule has 222 valence electrons. The summed E-state index contributed by atoms with van der Waals surface area (Å²) in [6, 6.07) is 30.6. The number of aromatic nitrogens is 2. The number of hydrogen-bond acceptors (Lipinski definition) is 4. The first-order valence-electron chi connectivity index (χ1n) is 14.3. The second-order valence-electron chi connectivity index (χ2n) is 10.8. The van der Waals surface area contributed by atoms with Gasteiger partial charge in [0.15, 0.2) is 4.80 Å². The van der Waals surface area contributed by atoms with E-state index in [2.05, 4.69) is 50.2 Å². The first-order chi connectivity index (χ1) is 21.9. The van der Waals surface area contributed by atoms with E-state index in [9.17, 15) is 14.0 Å². The minimum atomic E-state index is -0.786. The zero-order valence-electron chi connectivity index (χ0n) is 24.1. The van der Waals surface area contributed by atoms with E-state index in [0.29, 0.717) is 38.4 Å². The fourth-order valence-electron chi connectivity index (χ4n) is 5.74. The maximum atomic E-state index is 14.2. The van der Waals surface area contributed by atoms with Crippen molar-refractivity contribution in [3.63, 3.8) is 0 Å². The Morgan fingerprint density at radius 1 is 0.978 bits per heavy atom. The molecule has 2 aromatic heterocycles. The number of rotatable bonds is 6. The molecule has 0 fully saturated rings. The van der Waals surface area contributed by atoms with Gasteiger partial charge < -0.3 is 9.88 Å². The lowest BCUT2D eigenvalue weighted by Crippen LogP contribution is -2.40. The van der Waals surface area contributed by atoms with E-state index in [-0.39, 0.29) is 11.5 Å². The number of nitrogens with one attached hydrogen (secondary N) is 1. The molecule has 0 spiro atoms. The number of allylic oxidation sites excluding steroid dienone is 1. The highest BCUT2D eigenvalue weighted by Gasteiger charge is 2.32. The molecular formula is C36H26BrFN4O2S. The zero-order valence-corrected chi connectivity index (χ0v) is 26.5. The van der Waals surface area contributed by atoms with Crippen molar-refractivity contribution in [1.82, 2.24) is 9.13 Å². The first kappa shape index (κ1) is 28.9. The summed E-state index contributed by atoms with van der Waals surface area (Å²) in [6.07, 6.45) is 3.96. The molecule has 0 bridgehead atoms. The fraction of sp³-hybridized carbons (Fsp3) is 0.0833.